The Labute approximate surface area is 169 Å². The Morgan fingerprint density at radius 3 is 2.39 bits per heavy atom. The number of rotatable bonds is 7. The topological polar surface area (TPSA) is 84.9 Å². The molecule has 0 unspecified atom stereocenters. The minimum absolute atomic E-state index is 0.0464. The van der Waals surface area contributed by atoms with Crippen molar-refractivity contribution in [3.63, 3.8) is 0 Å². The molecular formula is C20H34N2O5S. The van der Waals surface area contributed by atoms with Gasteiger partial charge in [-0.2, -0.15) is 0 Å². The number of ether oxygens (including phenoxy) is 1. The third-order valence-electron chi connectivity index (χ3n) is 3.93. The molecule has 8 heteroatoms. The largest absolute Gasteiger partial charge is 0.459 e. The number of carbonyl (C=O) groups is 1. The monoisotopic (exact) mass is 414 g/mol. The molecule has 0 bridgehead atoms. The van der Waals surface area contributed by atoms with Gasteiger partial charge in [0.05, 0.1) is 11.0 Å². The third-order valence-corrected chi connectivity index (χ3v) is 5.54. The Morgan fingerprint density at radius 1 is 1.21 bits per heavy atom. The molecule has 1 aliphatic carbocycles. The average Bonchev–Trinajstić information content (AvgIpc) is 3.13. The SMILES string of the molecule is CC.CN(OC1CCCC1)S(=O)(=O)c1cccc(NCC(=O)OC(C)(C)C)c1. The normalized spacial score (nSPS) is 15.1. The van der Waals surface area contributed by atoms with Crippen molar-refractivity contribution < 1.29 is 22.8 Å². The van der Waals surface area contributed by atoms with Gasteiger partial charge in [-0.25, -0.2) is 8.42 Å². The number of anilines is 1. The summed E-state index contributed by atoms with van der Waals surface area (Å²) in [6.07, 6.45) is 3.81. The van der Waals surface area contributed by atoms with Crippen LogP contribution in [0.25, 0.3) is 0 Å². The number of carbonyl (C=O) groups excluding carboxylic acids is 1. The molecule has 1 aromatic carbocycles. The second-order valence-electron chi connectivity index (χ2n) is 7.39. The summed E-state index contributed by atoms with van der Waals surface area (Å²) in [4.78, 5) is 17.5. The summed E-state index contributed by atoms with van der Waals surface area (Å²) in [7, 11) is -2.35. The van der Waals surface area contributed by atoms with Crippen molar-refractivity contribution in [2.24, 2.45) is 0 Å². The average molecular weight is 415 g/mol. The van der Waals surface area contributed by atoms with E-state index >= 15 is 0 Å². The smallest absolute Gasteiger partial charge is 0.325 e. The number of nitrogens with one attached hydrogen (secondary N) is 1. The summed E-state index contributed by atoms with van der Waals surface area (Å²) in [5.74, 6) is -0.410. The highest BCUT2D eigenvalue weighted by atomic mass is 32.2. The van der Waals surface area contributed by atoms with Crippen LogP contribution < -0.4 is 5.32 Å². The van der Waals surface area contributed by atoms with Crippen LogP contribution in [-0.2, 0) is 24.4 Å². The van der Waals surface area contributed by atoms with E-state index in [0.717, 1.165) is 30.2 Å². The van der Waals surface area contributed by atoms with Gasteiger partial charge in [-0.05, 0) is 51.8 Å². The van der Waals surface area contributed by atoms with Crippen LogP contribution in [0.15, 0.2) is 29.2 Å². The van der Waals surface area contributed by atoms with Crippen molar-refractivity contribution in [1.82, 2.24) is 4.47 Å². The summed E-state index contributed by atoms with van der Waals surface area (Å²) in [5.41, 5.74) is -0.0456. The highest BCUT2D eigenvalue weighted by Crippen LogP contribution is 2.25. The molecule has 0 spiro atoms. The summed E-state index contributed by atoms with van der Waals surface area (Å²) in [5, 5.41) is 2.89. The minimum atomic E-state index is -3.76. The van der Waals surface area contributed by atoms with E-state index in [1.807, 2.05) is 13.8 Å². The maximum atomic E-state index is 12.7. The molecule has 7 nitrogen and oxygen atoms in total. The Balaban J connectivity index is 0.00000190. The summed E-state index contributed by atoms with van der Waals surface area (Å²) >= 11 is 0. The van der Waals surface area contributed by atoms with Crippen molar-refractivity contribution in [3.8, 4) is 0 Å². The Bertz CT molecular complexity index is 722. The number of esters is 1. The number of hydroxylamine groups is 1. The van der Waals surface area contributed by atoms with Gasteiger partial charge in [0.15, 0.2) is 0 Å². The van der Waals surface area contributed by atoms with E-state index in [1.165, 1.54) is 19.2 Å². The fourth-order valence-electron chi connectivity index (χ4n) is 2.73. The molecule has 1 aromatic rings. The maximum absolute atomic E-state index is 12.7. The number of hydrogen-bond acceptors (Lipinski definition) is 6. The highest BCUT2D eigenvalue weighted by molar-refractivity contribution is 7.89. The first-order valence-corrected chi connectivity index (χ1v) is 11.2. The molecule has 0 amide bonds. The zero-order valence-corrected chi connectivity index (χ0v) is 18.6. The van der Waals surface area contributed by atoms with Gasteiger partial charge < -0.3 is 10.1 Å². The van der Waals surface area contributed by atoms with Crippen LogP contribution in [0, 0.1) is 0 Å². The predicted molar refractivity (Wildman–Crippen MR) is 110 cm³/mol. The summed E-state index contributed by atoms with van der Waals surface area (Å²) in [6.45, 7) is 9.32. The fourth-order valence-corrected chi connectivity index (χ4v) is 3.79. The molecule has 1 saturated carbocycles. The van der Waals surface area contributed by atoms with Crippen molar-refractivity contribution in [2.75, 3.05) is 18.9 Å². The molecule has 1 aliphatic rings. The van der Waals surface area contributed by atoms with Gasteiger partial charge in [-0.15, -0.1) is 0 Å². The van der Waals surface area contributed by atoms with Gasteiger partial charge in [0.1, 0.15) is 12.1 Å². The van der Waals surface area contributed by atoms with Crippen molar-refractivity contribution >= 4 is 21.7 Å². The Hall–Kier alpha value is -1.64. The summed E-state index contributed by atoms with van der Waals surface area (Å²) in [6, 6.07) is 6.30. The first-order valence-electron chi connectivity index (χ1n) is 9.79. The van der Waals surface area contributed by atoms with E-state index in [1.54, 1.807) is 32.9 Å². The quantitative estimate of drug-likeness (QED) is 0.537. The zero-order chi connectivity index (χ0) is 21.4. The predicted octanol–water partition coefficient (Wildman–Crippen LogP) is 3.96. The van der Waals surface area contributed by atoms with Gasteiger partial charge in [0.25, 0.3) is 10.0 Å². The molecule has 2 rings (SSSR count). The molecule has 1 N–H and O–H groups in total. The number of nitrogens with zero attached hydrogens (tertiary/aromatic N) is 1. The van der Waals surface area contributed by atoms with Gasteiger partial charge in [-0.1, -0.05) is 37.2 Å². The van der Waals surface area contributed by atoms with Crippen LogP contribution in [0.1, 0.15) is 60.3 Å². The first-order chi connectivity index (χ1) is 13.1. The lowest BCUT2D eigenvalue weighted by Crippen LogP contribution is -2.31. The number of hydrogen-bond donors (Lipinski definition) is 1. The highest BCUT2D eigenvalue weighted by Gasteiger charge is 2.26. The van der Waals surface area contributed by atoms with Gasteiger partial charge in [0.2, 0.25) is 0 Å². The van der Waals surface area contributed by atoms with Crippen molar-refractivity contribution in [2.45, 2.75) is 76.9 Å². The molecule has 28 heavy (non-hydrogen) atoms. The zero-order valence-electron chi connectivity index (χ0n) is 17.8. The first kappa shape index (κ1) is 24.4. The molecule has 0 atom stereocenters. The Kier molecular flexibility index (Phi) is 9.39. The maximum Gasteiger partial charge on any atom is 0.325 e. The molecule has 0 heterocycles. The van der Waals surface area contributed by atoms with Crippen LogP contribution in [-0.4, -0.2) is 44.2 Å². The van der Waals surface area contributed by atoms with Crippen molar-refractivity contribution in [1.29, 1.82) is 0 Å². The lowest BCUT2D eigenvalue weighted by Gasteiger charge is -2.21. The lowest BCUT2D eigenvalue weighted by molar-refractivity contribution is -0.152. The van der Waals surface area contributed by atoms with E-state index in [2.05, 4.69) is 5.32 Å². The second-order valence-corrected chi connectivity index (χ2v) is 9.33. The van der Waals surface area contributed by atoms with Gasteiger partial charge in [0, 0.05) is 12.7 Å². The number of benzene rings is 1. The molecule has 0 saturated heterocycles. The van der Waals surface area contributed by atoms with Crippen molar-refractivity contribution in [3.05, 3.63) is 24.3 Å². The van der Waals surface area contributed by atoms with E-state index in [4.69, 9.17) is 9.57 Å². The molecule has 1 fully saturated rings. The van der Waals surface area contributed by atoms with Crippen LogP contribution in [0.3, 0.4) is 0 Å². The van der Waals surface area contributed by atoms with Gasteiger partial charge >= 0.3 is 5.97 Å². The van der Waals surface area contributed by atoms with E-state index < -0.39 is 21.6 Å². The van der Waals surface area contributed by atoms with Crippen LogP contribution in [0.4, 0.5) is 5.69 Å². The van der Waals surface area contributed by atoms with Crippen LogP contribution in [0.5, 0.6) is 0 Å². The fraction of sp³-hybridized carbons (Fsp3) is 0.650. The van der Waals surface area contributed by atoms with E-state index in [-0.39, 0.29) is 17.5 Å². The molecule has 0 aromatic heterocycles. The van der Waals surface area contributed by atoms with Crippen LogP contribution >= 0.6 is 0 Å². The second kappa shape index (κ2) is 10.8. The number of sulfonamides is 1. The summed E-state index contributed by atoms with van der Waals surface area (Å²) < 4.78 is 31.5. The third kappa shape index (κ3) is 7.77. The minimum Gasteiger partial charge on any atom is -0.459 e. The molecule has 160 valence electrons. The van der Waals surface area contributed by atoms with E-state index in [0.29, 0.717) is 5.69 Å². The Morgan fingerprint density at radius 2 is 1.82 bits per heavy atom. The van der Waals surface area contributed by atoms with Crippen LogP contribution in [0.2, 0.25) is 0 Å². The molecular weight excluding hydrogens is 380 g/mol. The molecule has 0 radical (unpaired) electrons. The molecule has 0 aliphatic heterocycles. The van der Waals surface area contributed by atoms with E-state index in [9.17, 15) is 13.2 Å². The lowest BCUT2D eigenvalue weighted by atomic mass is 10.2. The van der Waals surface area contributed by atoms with Gasteiger partial charge in [-0.3, -0.25) is 9.63 Å². The standard InChI is InChI=1S/C18H28N2O5S.C2H6/c1-18(2,3)24-17(21)13-19-14-8-7-11-16(12-14)26(22,23)20(4)25-15-9-5-6-10-15;1-2/h7-8,11-12,15,19H,5-6,9-10,13H2,1-4H3;1-2H3.